The number of pyridine rings is 1. The monoisotopic (exact) mass is 276 g/mol. The molecule has 1 N–H and O–H groups in total. The van der Waals surface area contributed by atoms with Gasteiger partial charge in [0.1, 0.15) is 5.75 Å². The van der Waals surface area contributed by atoms with Crippen LogP contribution in [0.4, 0.5) is 0 Å². The average molecular weight is 277 g/mol. The Bertz CT molecular complexity index is 703. The summed E-state index contributed by atoms with van der Waals surface area (Å²) in [4.78, 5) is 4.12. The molecule has 0 saturated heterocycles. The zero-order valence-electron chi connectivity index (χ0n) is 8.61. The van der Waals surface area contributed by atoms with E-state index in [2.05, 4.69) is 25.5 Å². The molecular formula is C12H9BrN2O. The maximum Gasteiger partial charge on any atom is 0.130 e. The summed E-state index contributed by atoms with van der Waals surface area (Å²) in [6, 6.07) is 5.57. The number of aryl methyl sites for hydroxylation is 1. The maximum absolute atomic E-state index is 9.71. The van der Waals surface area contributed by atoms with E-state index in [0.717, 1.165) is 26.3 Å². The van der Waals surface area contributed by atoms with Gasteiger partial charge in [-0.25, -0.2) is 0 Å². The van der Waals surface area contributed by atoms with Crippen LogP contribution in [0.2, 0.25) is 0 Å². The first-order valence-electron chi connectivity index (χ1n) is 4.89. The maximum atomic E-state index is 9.71. The number of phenols is 1. The van der Waals surface area contributed by atoms with Gasteiger partial charge in [0.15, 0.2) is 0 Å². The molecule has 0 spiro atoms. The van der Waals surface area contributed by atoms with Crippen molar-refractivity contribution in [1.82, 2.24) is 9.55 Å². The fourth-order valence-corrected chi connectivity index (χ4v) is 2.63. The fraction of sp³-hybridized carbons (Fsp3) is 0.0833. The first-order chi connectivity index (χ1) is 7.70. The van der Waals surface area contributed by atoms with Gasteiger partial charge in [0.05, 0.1) is 21.7 Å². The quantitative estimate of drug-likeness (QED) is 0.685. The normalized spacial score (nSPS) is 11.4. The molecule has 0 aliphatic carbocycles. The van der Waals surface area contributed by atoms with Crippen molar-refractivity contribution in [2.24, 2.45) is 7.05 Å². The van der Waals surface area contributed by atoms with E-state index < -0.39 is 0 Å². The van der Waals surface area contributed by atoms with Gasteiger partial charge in [-0.05, 0) is 34.1 Å². The highest BCUT2D eigenvalue weighted by Gasteiger charge is 2.12. The van der Waals surface area contributed by atoms with Gasteiger partial charge in [-0.3, -0.25) is 4.98 Å². The second kappa shape index (κ2) is 3.22. The van der Waals surface area contributed by atoms with Gasteiger partial charge in [-0.1, -0.05) is 0 Å². The van der Waals surface area contributed by atoms with Crippen LogP contribution in [0.3, 0.4) is 0 Å². The van der Waals surface area contributed by atoms with E-state index in [-0.39, 0.29) is 5.75 Å². The summed E-state index contributed by atoms with van der Waals surface area (Å²) in [5.41, 5.74) is 2.14. The van der Waals surface area contributed by atoms with Crippen LogP contribution in [0.15, 0.2) is 35.1 Å². The van der Waals surface area contributed by atoms with Gasteiger partial charge in [0.2, 0.25) is 0 Å². The molecule has 0 unspecified atom stereocenters. The summed E-state index contributed by atoms with van der Waals surface area (Å²) >= 11 is 3.43. The summed E-state index contributed by atoms with van der Waals surface area (Å²) in [6.07, 6.45) is 3.59. The number of aromatic hydroxyl groups is 1. The molecule has 3 nitrogen and oxygen atoms in total. The zero-order valence-corrected chi connectivity index (χ0v) is 10.2. The van der Waals surface area contributed by atoms with Crippen LogP contribution in [0.1, 0.15) is 0 Å². The Labute approximate surface area is 100 Å². The van der Waals surface area contributed by atoms with Crippen LogP contribution in [-0.4, -0.2) is 14.7 Å². The van der Waals surface area contributed by atoms with Crippen molar-refractivity contribution >= 4 is 37.7 Å². The summed E-state index contributed by atoms with van der Waals surface area (Å²) in [7, 11) is 2.00. The van der Waals surface area contributed by atoms with E-state index in [9.17, 15) is 5.11 Å². The van der Waals surface area contributed by atoms with Gasteiger partial charge in [0.25, 0.3) is 0 Å². The van der Waals surface area contributed by atoms with Gasteiger partial charge in [-0.2, -0.15) is 0 Å². The average Bonchev–Trinajstić information content (AvgIpc) is 2.59. The predicted octanol–water partition coefficient (Wildman–Crippen LogP) is 3.19. The molecule has 0 fully saturated rings. The Balaban J connectivity index is 2.68. The summed E-state index contributed by atoms with van der Waals surface area (Å²) < 4.78 is 2.81. The van der Waals surface area contributed by atoms with E-state index in [4.69, 9.17) is 0 Å². The van der Waals surface area contributed by atoms with Crippen molar-refractivity contribution in [3.63, 3.8) is 0 Å². The van der Waals surface area contributed by atoms with Crippen LogP contribution in [0.25, 0.3) is 21.8 Å². The lowest BCUT2D eigenvalue weighted by atomic mass is 10.2. The first-order valence-corrected chi connectivity index (χ1v) is 5.69. The highest BCUT2D eigenvalue weighted by atomic mass is 79.9. The van der Waals surface area contributed by atoms with Crippen LogP contribution >= 0.6 is 15.9 Å². The molecule has 3 aromatic rings. The Hall–Kier alpha value is -1.55. The molecule has 0 aliphatic heterocycles. The number of rotatable bonds is 0. The third-order valence-electron chi connectivity index (χ3n) is 2.89. The van der Waals surface area contributed by atoms with E-state index in [0.29, 0.717) is 0 Å². The first kappa shape index (κ1) is 9.66. The number of nitrogens with zero attached hydrogens (tertiary/aromatic N) is 2. The highest BCUT2D eigenvalue weighted by Crippen LogP contribution is 2.37. The van der Waals surface area contributed by atoms with Gasteiger partial charge >= 0.3 is 0 Å². The predicted molar refractivity (Wildman–Crippen MR) is 67.6 cm³/mol. The number of aromatic nitrogens is 2. The second-order valence-electron chi connectivity index (χ2n) is 3.74. The lowest BCUT2D eigenvalue weighted by Gasteiger charge is -2.00. The van der Waals surface area contributed by atoms with Crippen LogP contribution in [-0.2, 0) is 7.05 Å². The molecule has 1 aromatic carbocycles. The largest absolute Gasteiger partial charge is 0.507 e. The smallest absolute Gasteiger partial charge is 0.130 e. The van der Waals surface area contributed by atoms with Crippen LogP contribution < -0.4 is 0 Å². The molecule has 0 aliphatic rings. The molecule has 2 aromatic heterocycles. The number of fused-ring (bicyclic) bond motifs is 3. The number of benzene rings is 1. The van der Waals surface area contributed by atoms with Crippen molar-refractivity contribution < 1.29 is 5.11 Å². The van der Waals surface area contributed by atoms with Crippen molar-refractivity contribution in [3.05, 3.63) is 35.1 Å². The number of hydrogen-bond donors (Lipinski definition) is 1. The van der Waals surface area contributed by atoms with Crippen LogP contribution in [0, 0.1) is 0 Å². The fourth-order valence-electron chi connectivity index (χ4n) is 2.09. The molecule has 0 bridgehead atoms. The lowest BCUT2D eigenvalue weighted by Crippen LogP contribution is -1.86. The van der Waals surface area contributed by atoms with E-state index in [1.54, 1.807) is 12.3 Å². The molecule has 0 amide bonds. The zero-order chi connectivity index (χ0) is 11.3. The van der Waals surface area contributed by atoms with E-state index in [1.807, 2.05) is 25.4 Å². The molecular weight excluding hydrogens is 268 g/mol. The Morgan fingerprint density at radius 3 is 2.88 bits per heavy atom. The van der Waals surface area contributed by atoms with Crippen molar-refractivity contribution in [3.8, 4) is 5.75 Å². The SMILES string of the molecule is Cn1c2cnccc2c2c(Br)c(O)ccc21. The second-order valence-corrected chi connectivity index (χ2v) is 4.54. The minimum Gasteiger partial charge on any atom is -0.507 e. The molecule has 3 rings (SSSR count). The standard InChI is InChI=1S/C12H9BrN2O/c1-15-8-2-3-10(16)12(13)11(8)7-4-5-14-6-9(7)15/h2-6,16H,1H3. The lowest BCUT2D eigenvalue weighted by molar-refractivity contribution is 0.473. The minimum atomic E-state index is 0.261. The number of halogens is 1. The van der Waals surface area contributed by atoms with E-state index >= 15 is 0 Å². The summed E-state index contributed by atoms with van der Waals surface area (Å²) in [6.45, 7) is 0. The summed E-state index contributed by atoms with van der Waals surface area (Å²) in [5.74, 6) is 0.261. The molecule has 16 heavy (non-hydrogen) atoms. The number of hydrogen-bond acceptors (Lipinski definition) is 2. The van der Waals surface area contributed by atoms with Gasteiger partial charge in [0, 0.05) is 24.0 Å². The third-order valence-corrected chi connectivity index (χ3v) is 3.69. The van der Waals surface area contributed by atoms with Crippen LogP contribution in [0.5, 0.6) is 5.75 Å². The Morgan fingerprint density at radius 2 is 2.06 bits per heavy atom. The Kier molecular flexibility index (Phi) is 1.94. The summed E-state index contributed by atoms with van der Waals surface area (Å²) in [5, 5.41) is 11.8. The topological polar surface area (TPSA) is 38.0 Å². The molecule has 4 heteroatoms. The minimum absolute atomic E-state index is 0.261. The van der Waals surface area contributed by atoms with E-state index in [1.165, 1.54) is 0 Å². The molecule has 0 saturated carbocycles. The van der Waals surface area contributed by atoms with Crippen molar-refractivity contribution in [2.45, 2.75) is 0 Å². The van der Waals surface area contributed by atoms with Gasteiger partial charge in [-0.15, -0.1) is 0 Å². The van der Waals surface area contributed by atoms with Crippen molar-refractivity contribution in [2.75, 3.05) is 0 Å². The highest BCUT2D eigenvalue weighted by molar-refractivity contribution is 9.10. The van der Waals surface area contributed by atoms with Gasteiger partial charge < -0.3 is 9.67 Å². The Morgan fingerprint density at radius 1 is 1.25 bits per heavy atom. The third kappa shape index (κ3) is 1.10. The number of phenolic OH excluding ortho intramolecular Hbond substituents is 1. The molecule has 0 radical (unpaired) electrons. The van der Waals surface area contributed by atoms with Crippen molar-refractivity contribution in [1.29, 1.82) is 0 Å². The molecule has 0 atom stereocenters. The molecule has 80 valence electrons. The molecule has 2 heterocycles.